The Hall–Kier alpha value is -3.98. The molecule has 0 aliphatic heterocycles. The van der Waals surface area contributed by atoms with Crippen LogP contribution in [0.4, 0.5) is 23.1 Å². The minimum absolute atomic E-state index is 0.233. The van der Waals surface area contributed by atoms with Crippen LogP contribution in [0.15, 0.2) is 91.1 Å². The molecule has 4 rings (SSSR count). The minimum atomic E-state index is -0.549. The maximum Gasteiger partial charge on any atom is 0.229 e. The van der Waals surface area contributed by atoms with E-state index in [9.17, 15) is 5.11 Å². The average molecular weight is 500 g/mol. The molecule has 0 aliphatic carbocycles. The fourth-order valence-corrected chi connectivity index (χ4v) is 3.62. The maximum absolute atomic E-state index is 9.99. The van der Waals surface area contributed by atoms with Crippen LogP contribution in [0.2, 0.25) is 0 Å². The van der Waals surface area contributed by atoms with Crippen LogP contribution in [0.5, 0.6) is 5.75 Å². The summed E-state index contributed by atoms with van der Waals surface area (Å²) in [6.45, 7) is 1.66. The fourth-order valence-electron chi connectivity index (χ4n) is 3.62. The van der Waals surface area contributed by atoms with E-state index >= 15 is 0 Å². The molecule has 3 aromatic carbocycles. The van der Waals surface area contributed by atoms with E-state index in [1.54, 1.807) is 6.20 Å². The third-order valence-corrected chi connectivity index (χ3v) is 5.40. The molecule has 0 amide bonds. The van der Waals surface area contributed by atoms with Gasteiger partial charge in [0.25, 0.3) is 0 Å². The van der Waals surface area contributed by atoms with E-state index < -0.39 is 6.10 Å². The predicted octanol–water partition coefficient (Wildman–Crippen LogP) is 4.98. The maximum atomic E-state index is 9.99. The molecule has 0 fully saturated rings. The largest absolute Gasteiger partial charge is 0.491 e. The molecule has 0 bridgehead atoms. The van der Waals surface area contributed by atoms with Crippen LogP contribution >= 0.6 is 0 Å². The summed E-state index contributed by atoms with van der Waals surface area (Å²) in [7, 11) is 3.83. The van der Waals surface area contributed by atoms with Crippen molar-refractivity contribution in [2.45, 2.75) is 19.3 Å². The molecular weight excluding hydrogens is 466 g/mol. The highest BCUT2D eigenvalue weighted by Crippen LogP contribution is 2.23. The molecule has 0 saturated heterocycles. The molecule has 1 atom stereocenters. The Labute approximate surface area is 217 Å². The summed E-state index contributed by atoms with van der Waals surface area (Å²) in [5.41, 5.74) is 3.71. The molecule has 1 aromatic heterocycles. The number of likely N-dealkylation sites (N-methyl/N-ethyl adjacent to an activating group) is 1. The Morgan fingerprint density at radius 3 is 2.22 bits per heavy atom. The SMILES string of the molecule is CN(C)CC(O)COc1ccc(Nc2ncc(COCc3ccccc3)c(Nc3ccccc3)n2)cc1. The Morgan fingerprint density at radius 1 is 0.838 bits per heavy atom. The molecule has 0 spiro atoms. The lowest BCUT2D eigenvalue weighted by Gasteiger charge is -2.16. The van der Waals surface area contributed by atoms with Gasteiger partial charge in [0.2, 0.25) is 5.95 Å². The highest BCUT2D eigenvalue weighted by Gasteiger charge is 2.10. The number of para-hydroxylation sites is 1. The van der Waals surface area contributed by atoms with Crippen molar-refractivity contribution in [2.24, 2.45) is 0 Å². The number of nitrogens with one attached hydrogen (secondary N) is 2. The molecule has 192 valence electrons. The summed E-state index contributed by atoms with van der Waals surface area (Å²) in [5.74, 6) is 1.81. The zero-order valence-electron chi connectivity index (χ0n) is 21.2. The van der Waals surface area contributed by atoms with Gasteiger partial charge < -0.3 is 30.1 Å². The zero-order chi connectivity index (χ0) is 25.9. The number of rotatable bonds is 13. The number of aliphatic hydroxyl groups excluding tert-OH is 1. The van der Waals surface area contributed by atoms with Crippen LogP contribution < -0.4 is 15.4 Å². The number of aliphatic hydroxyl groups is 1. The number of hydrogen-bond donors (Lipinski definition) is 3. The number of anilines is 4. The second-order valence-corrected chi connectivity index (χ2v) is 8.91. The van der Waals surface area contributed by atoms with Gasteiger partial charge in [-0.3, -0.25) is 0 Å². The third-order valence-electron chi connectivity index (χ3n) is 5.40. The number of nitrogens with zero attached hydrogens (tertiary/aromatic N) is 3. The van der Waals surface area contributed by atoms with E-state index in [-0.39, 0.29) is 6.61 Å². The number of aromatic nitrogens is 2. The molecule has 1 heterocycles. The second kappa shape index (κ2) is 13.4. The van der Waals surface area contributed by atoms with Gasteiger partial charge in [-0.05, 0) is 56.1 Å². The zero-order valence-corrected chi connectivity index (χ0v) is 21.2. The number of ether oxygens (including phenoxy) is 2. The van der Waals surface area contributed by atoms with Crippen LogP contribution in [0, 0.1) is 0 Å². The van der Waals surface area contributed by atoms with Gasteiger partial charge in [0, 0.05) is 29.7 Å². The van der Waals surface area contributed by atoms with Gasteiger partial charge in [0.1, 0.15) is 24.3 Å². The lowest BCUT2D eigenvalue weighted by molar-refractivity contribution is 0.0831. The van der Waals surface area contributed by atoms with E-state index in [1.807, 2.05) is 104 Å². The molecule has 8 nitrogen and oxygen atoms in total. The minimum Gasteiger partial charge on any atom is -0.491 e. The van der Waals surface area contributed by atoms with Crippen molar-refractivity contribution in [1.29, 1.82) is 0 Å². The molecular formula is C29H33N5O3. The highest BCUT2D eigenvalue weighted by molar-refractivity contribution is 5.62. The van der Waals surface area contributed by atoms with E-state index in [0.717, 1.165) is 22.5 Å². The summed E-state index contributed by atoms with van der Waals surface area (Å²) in [5, 5.41) is 16.6. The standard InChI is InChI=1S/C29H33N5O3/c1-34(2)18-26(35)21-37-27-15-13-25(14-16-27)32-29-30-17-23(20-36-19-22-9-5-3-6-10-22)28(33-29)31-24-11-7-4-8-12-24/h3-17,26,35H,18-21H2,1-2H3,(H2,30,31,32,33). The summed E-state index contributed by atoms with van der Waals surface area (Å²) >= 11 is 0. The van der Waals surface area contributed by atoms with E-state index in [1.165, 1.54) is 0 Å². The van der Waals surface area contributed by atoms with Crippen molar-refractivity contribution >= 4 is 23.1 Å². The lowest BCUT2D eigenvalue weighted by Crippen LogP contribution is -2.30. The smallest absolute Gasteiger partial charge is 0.229 e. The highest BCUT2D eigenvalue weighted by atomic mass is 16.5. The van der Waals surface area contributed by atoms with Crippen molar-refractivity contribution < 1.29 is 14.6 Å². The Balaban J connectivity index is 1.41. The van der Waals surface area contributed by atoms with Gasteiger partial charge in [-0.2, -0.15) is 4.98 Å². The van der Waals surface area contributed by atoms with E-state index in [4.69, 9.17) is 14.5 Å². The van der Waals surface area contributed by atoms with Crippen molar-refractivity contribution in [3.8, 4) is 5.75 Å². The first-order valence-corrected chi connectivity index (χ1v) is 12.2. The topological polar surface area (TPSA) is 91.8 Å². The monoisotopic (exact) mass is 499 g/mol. The third kappa shape index (κ3) is 8.57. The fraction of sp³-hybridized carbons (Fsp3) is 0.241. The summed E-state index contributed by atoms with van der Waals surface area (Å²) < 4.78 is 11.6. The van der Waals surface area contributed by atoms with Crippen LogP contribution in [0.3, 0.4) is 0 Å². The summed E-state index contributed by atoms with van der Waals surface area (Å²) in [4.78, 5) is 11.1. The van der Waals surface area contributed by atoms with Crippen molar-refractivity contribution in [1.82, 2.24) is 14.9 Å². The van der Waals surface area contributed by atoms with Gasteiger partial charge in [-0.1, -0.05) is 48.5 Å². The second-order valence-electron chi connectivity index (χ2n) is 8.91. The Kier molecular flexibility index (Phi) is 9.42. The quantitative estimate of drug-likeness (QED) is 0.237. The van der Waals surface area contributed by atoms with Crippen LogP contribution in [-0.2, 0) is 18.0 Å². The van der Waals surface area contributed by atoms with Gasteiger partial charge in [0.05, 0.1) is 13.2 Å². The average Bonchev–Trinajstić information content (AvgIpc) is 2.90. The van der Waals surface area contributed by atoms with Crippen molar-refractivity contribution in [3.63, 3.8) is 0 Å². The molecule has 0 aliphatic rings. The van der Waals surface area contributed by atoms with Crippen LogP contribution in [-0.4, -0.2) is 53.3 Å². The van der Waals surface area contributed by atoms with Crippen molar-refractivity contribution in [3.05, 3.63) is 102 Å². The molecule has 4 aromatic rings. The molecule has 0 radical (unpaired) electrons. The van der Waals surface area contributed by atoms with Gasteiger partial charge in [-0.25, -0.2) is 4.98 Å². The number of benzene rings is 3. The summed E-state index contributed by atoms with van der Waals surface area (Å²) in [6, 6.07) is 27.4. The molecule has 8 heteroatoms. The lowest BCUT2D eigenvalue weighted by atomic mass is 10.2. The first kappa shape index (κ1) is 26.1. The Morgan fingerprint density at radius 2 is 1.51 bits per heavy atom. The molecule has 37 heavy (non-hydrogen) atoms. The molecule has 3 N–H and O–H groups in total. The van der Waals surface area contributed by atoms with Gasteiger partial charge >= 0.3 is 0 Å². The first-order chi connectivity index (χ1) is 18.0. The predicted molar refractivity (Wildman–Crippen MR) is 146 cm³/mol. The van der Waals surface area contributed by atoms with Gasteiger partial charge in [-0.15, -0.1) is 0 Å². The molecule has 0 saturated carbocycles. The van der Waals surface area contributed by atoms with E-state index in [0.29, 0.717) is 37.3 Å². The van der Waals surface area contributed by atoms with Crippen LogP contribution in [0.1, 0.15) is 11.1 Å². The Bertz CT molecular complexity index is 1220. The van der Waals surface area contributed by atoms with Gasteiger partial charge in [0.15, 0.2) is 0 Å². The molecule has 1 unspecified atom stereocenters. The van der Waals surface area contributed by atoms with E-state index in [2.05, 4.69) is 15.6 Å². The number of hydrogen-bond acceptors (Lipinski definition) is 8. The summed E-state index contributed by atoms with van der Waals surface area (Å²) in [6.07, 6.45) is 1.22. The van der Waals surface area contributed by atoms with Crippen LogP contribution in [0.25, 0.3) is 0 Å². The van der Waals surface area contributed by atoms with Crippen molar-refractivity contribution in [2.75, 3.05) is 37.9 Å². The normalized spacial score (nSPS) is 11.8. The first-order valence-electron chi connectivity index (χ1n) is 12.2.